The summed E-state index contributed by atoms with van der Waals surface area (Å²) in [5.74, 6) is -0.386. The lowest BCUT2D eigenvalue weighted by atomic mass is 10.2. The van der Waals surface area contributed by atoms with E-state index in [-0.39, 0.29) is 24.4 Å². The van der Waals surface area contributed by atoms with Crippen molar-refractivity contribution in [3.05, 3.63) is 22.4 Å². The molecule has 1 atom stereocenters. The van der Waals surface area contributed by atoms with Crippen molar-refractivity contribution in [2.45, 2.75) is 25.3 Å². The fourth-order valence-corrected chi connectivity index (χ4v) is 3.45. The molecule has 0 bridgehead atoms. The summed E-state index contributed by atoms with van der Waals surface area (Å²) in [6.07, 6.45) is 2.37. The Morgan fingerprint density at radius 1 is 1.38 bits per heavy atom. The first-order valence-electron chi connectivity index (χ1n) is 8.02. The van der Waals surface area contributed by atoms with E-state index in [1.807, 2.05) is 22.4 Å². The van der Waals surface area contributed by atoms with Gasteiger partial charge in [-0.3, -0.25) is 19.8 Å². The molecule has 1 aromatic heterocycles. The van der Waals surface area contributed by atoms with E-state index < -0.39 is 6.03 Å². The number of imide groups is 1. The number of amides is 4. The lowest BCUT2D eigenvalue weighted by molar-refractivity contribution is -0.134. The molecule has 1 aliphatic heterocycles. The van der Waals surface area contributed by atoms with Gasteiger partial charge in [0.1, 0.15) is 0 Å². The van der Waals surface area contributed by atoms with Crippen LogP contribution in [0.25, 0.3) is 0 Å². The Morgan fingerprint density at radius 2 is 2.17 bits per heavy atom. The van der Waals surface area contributed by atoms with Crippen molar-refractivity contribution in [2.24, 2.45) is 0 Å². The van der Waals surface area contributed by atoms with Crippen molar-refractivity contribution < 1.29 is 14.4 Å². The van der Waals surface area contributed by atoms with Gasteiger partial charge in [-0.15, -0.1) is 11.3 Å². The SMILES string of the molecule is CN(C)C(=O)C1CCCN1CC(=O)NC(=O)NCCc1cccs1. The first-order chi connectivity index (χ1) is 11.5. The topological polar surface area (TPSA) is 81.8 Å². The van der Waals surface area contributed by atoms with Gasteiger partial charge in [0.15, 0.2) is 0 Å². The molecule has 132 valence electrons. The minimum atomic E-state index is -0.494. The van der Waals surface area contributed by atoms with E-state index >= 15 is 0 Å². The summed E-state index contributed by atoms with van der Waals surface area (Å²) in [5, 5.41) is 6.98. The summed E-state index contributed by atoms with van der Waals surface area (Å²) in [4.78, 5) is 40.4. The largest absolute Gasteiger partial charge is 0.347 e. The van der Waals surface area contributed by atoms with E-state index in [2.05, 4.69) is 10.6 Å². The Morgan fingerprint density at radius 3 is 2.83 bits per heavy atom. The van der Waals surface area contributed by atoms with Gasteiger partial charge in [-0.05, 0) is 37.3 Å². The molecule has 0 aliphatic carbocycles. The fraction of sp³-hybridized carbons (Fsp3) is 0.562. The molecule has 1 fully saturated rings. The molecule has 24 heavy (non-hydrogen) atoms. The molecule has 2 rings (SSSR count). The fourth-order valence-electron chi connectivity index (χ4n) is 2.74. The second kappa shape index (κ2) is 8.79. The minimum absolute atomic E-state index is 0.000648. The van der Waals surface area contributed by atoms with Crippen LogP contribution >= 0.6 is 11.3 Å². The van der Waals surface area contributed by atoms with E-state index in [0.717, 1.165) is 19.3 Å². The Hall–Kier alpha value is -1.93. The normalized spacial score (nSPS) is 17.5. The summed E-state index contributed by atoms with van der Waals surface area (Å²) in [6, 6.07) is 3.20. The van der Waals surface area contributed by atoms with Crippen molar-refractivity contribution in [2.75, 3.05) is 33.7 Å². The van der Waals surface area contributed by atoms with E-state index in [0.29, 0.717) is 13.1 Å². The zero-order valence-electron chi connectivity index (χ0n) is 14.1. The Bertz CT molecular complexity index is 574. The number of thiophene rings is 1. The number of nitrogens with zero attached hydrogens (tertiary/aromatic N) is 2. The number of carbonyl (C=O) groups is 3. The van der Waals surface area contributed by atoms with Crippen molar-refractivity contribution in [1.82, 2.24) is 20.4 Å². The molecule has 0 saturated carbocycles. The molecule has 0 radical (unpaired) electrons. The van der Waals surface area contributed by atoms with Gasteiger partial charge in [-0.2, -0.15) is 0 Å². The molecule has 1 unspecified atom stereocenters. The zero-order valence-corrected chi connectivity index (χ0v) is 14.9. The Kier molecular flexibility index (Phi) is 6.74. The first kappa shape index (κ1) is 18.4. The van der Waals surface area contributed by atoms with Gasteiger partial charge in [0, 0.05) is 25.5 Å². The summed E-state index contributed by atoms with van der Waals surface area (Å²) < 4.78 is 0. The second-order valence-electron chi connectivity index (χ2n) is 5.99. The molecule has 2 N–H and O–H groups in total. The number of hydrogen-bond acceptors (Lipinski definition) is 5. The van der Waals surface area contributed by atoms with Crippen LogP contribution in [0, 0.1) is 0 Å². The molecular formula is C16H24N4O3S. The van der Waals surface area contributed by atoms with E-state index in [4.69, 9.17) is 0 Å². The van der Waals surface area contributed by atoms with Crippen molar-refractivity contribution in [3.8, 4) is 0 Å². The van der Waals surface area contributed by atoms with Crippen molar-refractivity contribution >= 4 is 29.2 Å². The molecule has 4 amide bonds. The maximum atomic E-state index is 12.1. The molecule has 1 aromatic rings. The highest BCUT2D eigenvalue weighted by Gasteiger charge is 2.32. The summed E-state index contributed by atoms with van der Waals surface area (Å²) in [7, 11) is 3.42. The van der Waals surface area contributed by atoms with Crippen molar-refractivity contribution in [3.63, 3.8) is 0 Å². The lowest BCUT2D eigenvalue weighted by Gasteiger charge is -2.25. The highest BCUT2D eigenvalue weighted by atomic mass is 32.1. The first-order valence-corrected chi connectivity index (χ1v) is 8.90. The predicted molar refractivity (Wildman–Crippen MR) is 92.9 cm³/mol. The zero-order chi connectivity index (χ0) is 17.5. The van der Waals surface area contributed by atoms with Crippen LogP contribution in [0.5, 0.6) is 0 Å². The second-order valence-corrected chi connectivity index (χ2v) is 7.03. The lowest BCUT2D eigenvalue weighted by Crippen LogP contribution is -2.49. The summed E-state index contributed by atoms with van der Waals surface area (Å²) >= 11 is 1.63. The number of likely N-dealkylation sites (N-methyl/N-ethyl adjacent to an activating group) is 1. The van der Waals surface area contributed by atoms with Gasteiger partial charge in [-0.1, -0.05) is 6.07 Å². The van der Waals surface area contributed by atoms with E-state index in [1.54, 1.807) is 25.4 Å². The van der Waals surface area contributed by atoms with E-state index in [9.17, 15) is 14.4 Å². The van der Waals surface area contributed by atoms with Gasteiger partial charge in [0.05, 0.1) is 12.6 Å². The average molecular weight is 352 g/mol. The molecule has 2 heterocycles. The third kappa shape index (κ3) is 5.31. The van der Waals surface area contributed by atoms with Gasteiger partial charge >= 0.3 is 6.03 Å². The molecule has 7 nitrogen and oxygen atoms in total. The number of nitrogens with one attached hydrogen (secondary N) is 2. The average Bonchev–Trinajstić information content (AvgIpc) is 3.17. The predicted octanol–water partition coefficient (Wildman–Crippen LogP) is 0.669. The van der Waals surface area contributed by atoms with Crippen LogP contribution < -0.4 is 10.6 Å². The van der Waals surface area contributed by atoms with Crippen LogP contribution in [0.15, 0.2) is 17.5 Å². The van der Waals surface area contributed by atoms with Crippen LogP contribution in [0.1, 0.15) is 17.7 Å². The molecule has 1 aliphatic rings. The number of rotatable bonds is 6. The maximum absolute atomic E-state index is 12.1. The van der Waals surface area contributed by atoms with Crippen LogP contribution in [0.4, 0.5) is 4.79 Å². The highest BCUT2D eigenvalue weighted by molar-refractivity contribution is 7.09. The molecular weight excluding hydrogens is 328 g/mol. The number of carbonyl (C=O) groups excluding carboxylic acids is 3. The summed E-state index contributed by atoms with van der Waals surface area (Å²) in [5.41, 5.74) is 0. The molecule has 1 saturated heterocycles. The van der Waals surface area contributed by atoms with Crippen LogP contribution in [0.2, 0.25) is 0 Å². The molecule has 0 spiro atoms. The number of urea groups is 1. The van der Waals surface area contributed by atoms with Crippen molar-refractivity contribution in [1.29, 1.82) is 0 Å². The standard InChI is InChI=1S/C16H24N4O3S/c1-19(2)15(22)13-6-3-9-20(13)11-14(21)18-16(23)17-8-7-12-5-4-10-24-12/h4-5,10,13H,3,6-9,11H2,1-2H3,(H2,17,18,21,23). The van der Waals surface area contributed by atoms with Gasteiger partial charge in [0.2, 0.25) is 11.8 Å². The summed E-state index contributed by atoms with van der Waals surface area (Å²) in [6.45, 7) is 1.23. The maximum Gasteiger partial charge on any atom is 0.321 e. The Balaban J connectivity index is 1.71. The van der Waals surface area contributed by atoms with Crippen LogP contribution in [0.3, 0.4) is 0 Å². The highest BCUT2D eigenvalue weighted by Crippen LogP contribution is 2.18. The Labute approximate surface area is 146 Å². The smallest absolute Gasteiger partial charge is 0.321 e. The molecule has 8 heteroatoms. The quantitative estimate of drug-likeness (QED) is 0.788. The number of hydrogen-bond donors (Lipinski definition) is 2. The van der Waals surface area contributed by atoms with Gasteiger partial charge < -0.3 is 10.2 Å². The third-order valence-corrected chi connectivity index (χ3v) is 4.86. The van der Waals surface area contributed by atoms with Crippen LogP contribution in [-0.4, -0.2) is 67.4 Å². The number of likely N-dealkylation sites (tertiary alicyclic amines) is 1. The third-order valence-electron chi connectivity index (χ3n) is 3.93. The van der Waals surface area contributed by atoms with Gasteiger partial charge in [0.25, 0.3) is 0 Å². The monoisotopic (exact) mass is 352 g/mol. The van der Waals surface area contributed by atoms with Crippen LogP contribution in [-0.2, 0) is 16.0 Å². The molecule has 0 aromatic carbocycles. The van der Waals surface area contributed by atoms with E-state index in [1.165, 1.54) is 9.78 Å². The van der Waals surface area contributed by atoms with Gasteiger partial charge in [-0.25, -0.2) is 4.79 Å². The minimum Gasteiger partial charge on any atom is -0.347 e.